The molecule has 0 radical (unpaired) electrons. The van der Waals surface area contributed by atoms with Gasteiger partial charge < -0.3 is 15.0 Å². The van der Waals surface area contributed by atoms with Crippen molar-refractivity contribution in [2.24, 2.45) is 0 Å². The van der Waals surface area contributed by atoms with Gasteiger partial charge in [0.2, 0.25) is 5.91 Å². The molecule has 106 valence electrons. The first-order chi connectivity index (χ1) is 8.31. The van der Waals surface area contributed by atoms with E-state index in [-0.39, 0.29) is 18.3 Å². The lowest BCUT2D eigenvalue weighted by molar-refractivity contribution is -0.134. The van der Waals surface area contributed by atoms with Crippen LogP contribution in [0, 0.1) is 0 Å². The summed E-state index contributed by atoms with van der Waals surface area (Å²) in [6.45, 7) is 6.56. The maximum Gasteiger partial charge on any atom is 0.224 e. The standard InChI is InChI=1S/C12H23N3O2.ClH/c1-17-9-3-12(16)15-7-5-14(6-8-15)11-2-4-13-10-11;/h11,13H,2-10H2,1H3;1H. The third-order valence-corrected chi connectivity index (χ3v) is 3.74. The van der Waals surface area contributed by atoms with E-state index in [0.29, 0.717) is 19.1 Å². The van der Waals surface area contributed by atoms with E-state index < -0.39 is 0 Å². The Bertz CT molecular complexity index is 252. The number of hydrogen-bond donors (Lipinski definition) is 1. The number of carbonyl (C=O) groups excluding carboxylic acids is 1. The van der Waals surface area contributed by atoms with Crippen molar-refractivity contribution in [1.82, 2.24) is 15.1 Å². The molecule has 0 bridgehead atoms. The topological polar surface area (TPSA) is 44.8 Å². The summed E-state index contributed by atoms with van der Waals surface area (Å²) in [6, 6.07) is 0.686. The number of rotatable bonds is 4. The normalized spacial score (nSPS) is 24.9. The van der Waals surface area contributed by atoms with E-state index in [0.717, 1.165) is 39.3 Å². The van der Waals surface area contributed by atoms with Gasteiger partial charge >= 0.3 is 0 Å². The molecule has 0 aliphatic carbocycles. The third-order valence-electron chi connectivity index (χ3n) is 3.74. The number of piperazine rings is 1. The molecular formula is C12H24ClN3O2. The number of nitrogens with one attached hydrogen (secondary N) is 1. The minimum atomic E-state index is 0. The smallest absolute Gasteiger partial charge is 0.224 e. The summed E-state index contributed by atoms with van der Waals surface area (Å²) in [6.07, 6.45) is 1.76. The van der Waals surface area contributed by atoms with Gasteiger partial charge in [0, 0.05) is 45.9 Å². The van der Waals surface area contributed by atoms with E-state index in [2.05, 4.69) is 10.2 Å². The molecule has 2 saturated heterocycles. The molecule has 0 aromatic rings. The largest absolute Gasteiger partial charge is 0.384 e. The first-order valence-corrected chi connectivity index (χ1v) is 6.52. The second kappa shape index (κ2) is 7.94. The SMILES string of the molecule is COCCC(=O)N1CCN(C2CCNC2)CC1.Cl. The molecule has 0 aromatic carbocycles. The fourth-order valence-corrected chi connectivity index (χ4v) is 2.64. The molecule has 1 amide bonds. The summed E-state index contributed by atoms with van der Waals surface area (Å²) in [7, 11) is 1.64. The van der Waals surface area contributed by atoms with Crippen LogP contribution in [0.2, 0.25) is 0 Å². The highest BCUT2D eigenvalue weighted by molar-refractivity contribution is 5.85. The van der Waals surface area contributed by atoms with Crippen LogP contribution in [0.4, 0.5) is 0 Å². The van der Waals surface area contributed by atoms with Crippen LogP contribution in [0.15, 0.2) is 0 Å². The Hall–Kier alpha value is -0.360. The number of halogens is 1. The summed E-state index contributed by atoms with van der Waals surface area (Å²) in [4.78, 5) is 16.3. The van der Waals surface area contributed by atoms with Gasteiger partial charge in [0.05, 0.1) is 13.0 Å². The van der Waals surface area contributed by atoms with Gasteiger partial charge in [-0.25, -0.2) is 0 Å². The highest BCUT2D eigenvalue weighted by Crippen LogP contribution is 2.12. The Kier molecular flexibility index (Phi) is 6.92. The molecule has 0 saturated carbocycles. The molecule has 2 rings (SSSR count). The van der Waals surface area contributed by atoms with Crippen LogP contribution in [0.25, 0.3) is 0 Å². The predicted molar refractivity (Wildman–Crippen MR) is 73.2 cm³/mol. The van der Waals surface area contributed by atoms with Crippen molar-refractivity contribution in [3.63, 3.8) is 0 Å². The molecule has 0 aromatic heterocycles. The van der Waals surface area contributed by atoms with E-state index in [4.69, 9.17) is 4.74 Å². The van der Waals surface area contributed by atoms with Crippen molar-refractivity contribution in [2.75, 3.05) is 53.0 Å². The average Bonchev–Trinajstić information content (AvgIpc) is 2.90. The Morgan fingerprint density at radius 2 is 2.06 bits per heavy atom. The van der Waals surface area contributed by atoms with Crippen LogP contribution in [-0.4, -0.2) is 74.7 Å². The van der Waals surface area contributed by atoms with E-state index >= 15 is 0 Å². The van der Waals surface area contributed by atoms with Crippen LogP contribution < -0.4 is 5.32 Å². The second-order valence-corrected chi connectivity index (χ2v) is 4.81. The van der Waals surface area contributed by atoms with Gasteiger partial charge in [-0.2, -0.15) is 0 Å². The van der Waals surface area contributed by atoms with Gasteiger partial charge in [-0.05, 0) is 13.0 Å². The summed E-state index contributed by atoms with van der Waals surface area (Å²) in [5, 5.41) is 3.39. The average molecular weight is 278 g/mol. The van der Waals surface area contributed by atoms with Crippen molar-refractivity contribution in [1.29, 1.82) is 0 Å². The summed E-state index contributed by atoms with van der Waals surface area (Å²) in [5.41, 5.74) is 0. The van der Waals surface area contributed by atoms with E-state index in [9.17, 15) is 4.79 Å². The first kappa shape index (κ1) is 15.7. The molecular weight excluding hydrogens is 254 g/mol. The van der Waals surface area contributed by atoms with Gasteiger partial charge in [0.1, 0.15) is 0 Å². The Labute approximate surface area is 115 Å². The molecule has 2 fully saturated rings. The van der Waals surface area contributed by atoms with Crippen molar-refractivity contribution < 1.29 is 9.53 Å². The quantitative estimate of drug-likeness (QED) is 0.783. The minimum absolute atomic E-state index is 0. The number of ether oxygens (including phenoxy) is 1. The van der Waals surface area contributed by atoms with Gasteiger partial charge in [0.15, 0.2) is 0 Å². The Morgan fingerprint density at radius 3 is 2.61 bits per heavy atom. The Morgan fingerprint density at radius 1 is 1.33 bits per heavy atom. The monoisotopic (exact) mass is 277 g/mol. The zero-order valence-corrected chi connectivity index (χ0v) is 11.9. The summed E-state index contributed by atoms with van der Waals surface area (Å²) < 4.78 is 4.94. The van der Waals surface area contributed by atoms with Gasteiger partial charge in [-0.1, -0.05) is 0 Å². The molecule has 18 heavy (non-hydrogen) atoms. The van der Waals surface area contributed by atoms with E-state index in [1.165, 1.54) is 6.42 Å². The van der Waals surface area contributed by atoms with Crippen LogP contribution in [0.3, 0.4) is 0 Å². The molecule has 0 spiro atoms. The van der Waals surface area contributed by atoms with Crippen molar-refractivity contribution in [3.05, 3.63) is 0 Å². The highest BCUT2D eigenvalue weighted by atomic mass is 35.5. The molecule has 1 unspecified atom stereocenters. The molecule has 6 heteroatoms. The molecule has 1 N–H and O–H groups in total. The second-order valence-electron chi connectivity index (χ2n) is 4.81. The maximum absolute atomic E-state index is 11.8. The number of methoxy groups -OCH3 is 1. The molecule has 2 aliphatic heterocycles. The zero-order chi connectivity index (χ0) is 12.1. The van der Waals surface area contributed by atoms with Gasteiger partial charge in [-0.3, -0.25) is 9.69 Å². The predicted octanol–water partition coefficient (Wildman–Crippen LogP) is -0.0492. The molecule has 2 aliphatic rings. The van der Waals surface area contributed by atoms with Gasteiger partial charge in [-0.15, -0.1) is 12.4 Å². The Balaban J connectivity index is 0.00000162. The third kappa shape index (κ3) is 4.09. The van der Waals surface area contributed by atoms with Crippen molar-refractivity contribution >= 4 is 18.3 Å². The van der Waals surface area contributed by atoms with E-state index in [1.54, 1.807) is 7.11 Å². The fraction of sp³-hybridized carbons (Fsp3) is 0.917. The van der Waals surface area contributed by atoms with Crippen LogP contribution in [0.5, 0.6) is 0 Å². The zero-order valence-electron chi connectivity index (χ0n) is 11.1. The summed E-state index contributed by atoms with van der Waals surface area (Å²) in [5.74, 6) is 0.232. The van der Waals surface area contributed by atoms with Crippen LogP contribution in [-0.2, 0) is 9.53 Å². The highest BCUT2D eigenvalue weighted by Gasteiger charge is 2.27. The van der Waals surface area contributed by atoms with Crippen molar-refractivity contribution in [3.8, 4) is 0 Å². The van der Waals surface area contributed by atoms with Crippen molar-refractivity contribution in [2.45, 2.75) is 18.9 Å². The maximum atomic E-state index is 11.8. The number of amides is 1. The number of nitrogens with zero attached hydrogens (tertiary/aromatic N) is 2. The number of hydrogen-bond acceptors (Lipinski definition) is 4. The minimum Gasteiger partial charge on any atom is -0.384 e. The lowest BCUT2D eigenvalue weighted by Crippen LogP contribution is -2.52. The lowest BCUT2D eigenvalue weighted by atomic mass is 10.2. The van der Waals surface area contributed by atoms with Gasteiger partial charge in [0.25, 0.3) is 0 Å². The van der Waals surface area contributed by atoms with E-state index in [1.807, 2.05) is 4.90 Å². The lowest BCUT2D eigenvalue weighted by Gasteiger charge is -2.37. The molecule has 1 atom stereocenters. The first-order valence-electron chi connectivity index (χ1n) is 6.52. The molecule has 5 nitrogen and oxygen atoms in total. The van der Waals surface area contributed by atoms with Crippen LogP contribution >= 0.6 is 12.4 Å². The fourth-order valence-electron chi connectivity index (χ4n) is 2.64. The number of carbonyl (C=O) groups is 1. The molecule has 2 heterocycles. The summed E-state index contributed by atoms with van der Waals surface area (Å²) >= 11 is 0. The van der Waals surface area contributed by atoms with Crippen LogP contribution in [0.1, 0.15) is 12.8 Å².